The Morgan fingerprint density at radius 2 is 1.84 bits per heavy atom. The number of benzene rings is 2. The number of hydrogen-bond acceptors (Lipinski definition) is 5. The molecular formula is C22H31IN4O4S. The first kappa shape index (κ1) is 26.4. The van der Waals surface area contributed by atoms with E-state index in [-0.39, 0.29) is 35.0 Å². The van der Waals surface area contributed by atoms with Gasteiger partial charge in [-0.1, -0.05) is 24.3 Å². The zero-order chi connectivity index (χ0) is 22.1. The molecule has 0 radical (unpaired) electrons. The van der Waals surface area contributed by atoms with Crippen molar-refractivity contribution >= 4 is 40.0 Å². The van der Waals surface area contributed by atoms with Gasteiger partial charge in [0.1, 0.15) is 5.75 Å². The molecule has 1 atom stereocenters. The molecule has 0 bridgehead atoms. The molecule has 3 rings (SSSR count). The second kappa shape index (κ2) is 13.0. The van der Waals surface area contributed by atoms with Gasteiger partial charge in [-0.05, 0) is 48.2 Å². The van der Waals surface area contributed by atoms with Crippen LogP contribution in [0.15, 0.2) is 58.4 Å². The van der Waals surface area contributed by atoms with E-state index in [0.717, 1.165) is 29.7 Å². The maximum absolute atomic E-state index is 12.5. The van der Waals surface area contributed by atoms with E-state index in [2.05, 4.69) is 20.3 Å². The Morgan fingerprint density at radius 1 is 1.12 bits per heavy atom. The number of guanidine groups is 1. The van der Waals surface area contributed by atoms with Gasteiger partial charge in [0.15, 0.2) is 5.96 Å². The summed E-state index contributed by atoms with van der Waals surface area (Å²) in [4.78, 5) is 4.47. The fraction of sp³-hybridized carbons (Fsp3) is 0.409. The molecule has 3 N–H and O–H groups in total. The molecular weight excluding hydrogens is 543 g/mol. The molecule has 2 aromatic rings. The molecule has 1 aliphatic heterocycles. The summed E-state index contributed by atoms with van der Waals surface area (Å²) in [5.74, 6) is 1.46. The summed E-state index contributed by atoms with van der Waals surface area (Å²) in [7, 11) is -0.195. The van der Waals surface area contributed by atoms with Crippen molar-refractivity contribution in [2.24, 2.45) is 4.99 Å². The summed E-state index contributed by atoms with van der Waals surface area (Å²) in [5.41, 5.74) is 2.02. The molecule has 8 nitrogen and oxygen atoms in total. The van der Waals surface area contributed by atoms with Crippen molar-refractivity contribution in [2.45, 2.75) is 36.9 Å². The highest BCUT2D eigenvalue weighted by atomic mass is 127. The van der Waals surface area contributed by atoms with E-state index in [1.807, 2.05) is 24.3 Å². The minimum atomic E-state index is -3.54. The molecule has 2 aromatic carbocycles. The van der Waals surface area contributed by atoms with Gasteiger partial charge in [0.2, 0.25) is 10.0 Å². The molecule has 0 saturated carbocycles. The first-order valence-electron chi connectivity index (χ1n) is 10.3. The summed E-state index contributed by atoms with van der Waals surface area (Å²) in [5, 5.41) is 6.48. The van der Waals surface area contributed by atoms with Crippen molar-refractivity contribution in [3.8, 4) is 5.75 Å². The largest absolute Gasteiger partial charge is 0.497 e. The maximum Gasteiger partial charge on any atom is 0.240 e. The van der Waals surface area contributed by atoms with Crippen LogP contribution in [0.25, 0.3) is 0 Å². The number of methoxy groups -OCH3 is 1. The summed E-state index contributed by atoms with van der Waals surface area (Å²) in [6.45, 7) is 2.12. The molecule has 0 amide bonds. The van der Waals surface area contributed by atoms with Crippen molar-refractivity contribution in [3.63, 3.8) is 0 Å². The van der Waals surface area contributed by atoms with Crippen LogP contribution >= 0.6 is 24.0 Å². The van der Waals surface area contributed by atoms with Crippen molar-refractivity contribution < 1.29 is 17.9 Å². The van der Waals surface area contributed by atoms with E-state index in [1.165, 1.54) is 0 Å². The Kier molecular flexibility index (Phi) is 10.7. The fourth-order valence-electron chi connectivity index (χ4n) is 3.25. The van der Waals surface area contributed by atoms with Crippen LogP contribution in [0.2, 0.25) is 0 Å². The number of ether oxygens (including phenoxy) is 2. The topological polar surface area (TPSA) is 101 Å². The first-order chi connectivity index (χ1) is 15.0. The SMILES string of the molecule is CN=C(NCc1ccc(S(=O)(=O)NCC2CCCO2)cc1)NCc1cccc(OC)c1.I. The zero-order valence-corrected chi connectivity index (χ0v) is 21.5. The number of hydrogen-bond donors (Lipinski definition) is 3. The molecule has 1 fully saturated rings. The number of nitrogens with one attached hydrogen (secondary N) is 3. The van der Waals surface area contributed by atoms with Gasteiger partial charge in [-0.15, -0.1) is 24.0 Å². The molecule has 10 heteroatoms. The van der Waals surface area contributed by atoms with Crippen molar-refractivity contribution in [1.29, 1.82) is 0 Å². The first-order valence-corrected chi connectivity index (χ1v) is 11.8. The zero-order valence-electron chi connectivity index (χ0n) is 18.3. The quantitative estimate of drug-likeness (QED) is 0.242. The van der Waals surface area contributed by atoms with Crippen molar-refractivity contribution in [3.05, 3.63) is 59.7 Å². The van der Waals surface area contributed by atoms with Crippen molar-refractivity contribution in [1.82, 2.24) is 15.4 Å². The predicted molar refractivity (Wildman–Crippen MR) is 136 cm³/mol. The van der Waals surface area contributed by atoms with Gasteiger partial charge in [-0.25, -0.2) is 13.1 Å². The number of rotatable bonds is 9. The molecule has 1 unspecified atom stereocenters. The smallest absolute Gasteiger partial charge is 0.240 e. The molecule has 176 valence electrons. The Labute approximate surface area is 207 Å². The fourth-order valence-corrected chi connectivity index (χ4v) is 4.32. The summed E-state index contributed by atoms with van der Waals surface area (Å²) < 4.78 is 38.3. The second-order valence-corrected chi connectivity index (χ2v) is 9.03. The van der Waals surface area contributed by atoms with E-state index in [1.54, 1.807) is 38.4 Å². The van der Waals surface area contributed by atoms with Crippen LogP contribution in [0.4, 0.5) is 0 Å². The van der Waals surface area contributed by atoms with E-state index >= 15 is 0 Å². The lowest BCUT2D eigenvalue weighted by Crippen LogP contribution is -2.36. The van der Waals surface area contributed by atoms with Gasteiger partial charge in [0, 0.05) is 33.3 Å². The molecule has 1 heterocycles. The molecule has 32 heavy (non-hydrogen) atoms. The Morgan fingerprint density at radius 3 is 2.47 bits per heavy atom. The number of aliphatic imine (C=N–C) groups is 1. The number of nitrogens with zero attached hydrogens (tertiary/aromatic N) is 1. The van der Waals surface area contributed by atoms with Gasteiger partial charge in [0.05, 0.1) is 18.1 Å². The van der Waals surface area contributed by atoms with Gasteiger partial charge >= 0.3 is 0 Å². The van der Waals surface area contributed by atoms with Crippen LogP contribution in [-0.2, 0) is 27.8 Å². The minimum Gasteiger partial charge on any atom is -0.497 e. The predicted octanol–water partition coefficient (Wildman–Crippen LogP) is 2.64. The molecule has 0 spiro atoms. The highest BCUT2D eigenvalue weighted by Gasteiger charge is 2.20. The van der Waals surface area contributed by atoms with Gasteiger partial charge in [-0.3, -0.25) is 4.99 Å². The molecule has 1 saturated heterocycles. The van der Waals surface area contributed by atoms with Crippen LogP contribution in [0, 0.1) is 0 Å². The average molecular weight is 574 g/mol. The van der Waals surface area contributed by atoms with Crippen LogP contribution in [-0.4, -0.2) is 47.8 Å². The highest BCUT2D eigenvalue weighted by Crippen LogP contribution is 2.14. The second-order valence-electron chi connectivity index (χ2n) is 7.26. The standard InChI is InChI=1S/C22H30N4O4S.HI/c1-23-22(25-15-18-5-3-6-19(13-18)29-2)24-14-17-8-10-21(11-9-17)31(27,28)26-16-20-7-4-12-30-20;/h3,5-6,8-11,13,20,26H,4,7,12,14-16H2,1-2H3,(H2,23,24,25);1H. The lowest BCUT2D eigenvalue weighted by Gasteiger charge is -2.13. The molecule has 0 aromatic heterocycles. The molecule has 1 aliphatic rings. The lowest BCUT2D eigenvalue weighted by atomic mass is 10.2. The maximum atomic E-state index is 12.5. The van der Waals surface area contributed by atoms with E-state index in [0.29, 0.717) is 32.2 Å². The summed E-state index contributed by atoms with van der Waals surface area (Å²) >= 11 is 0. The average Bonchev–Trinajstić information content (AvgIpc) is 3.32. The monoisotopic (exact) mass is 574 g/mol. The highest BCUT2D eigenvalue weighted by molar-refractivity contribution is 14.0. The van der Waals surface area contributed by atoms with E-state index < -0.39 is 10.0 Å². The minimum absolute atomic E-state index is 0. The third kappa shape index (κ3) is 7.91. The Balaban J connectivity index is 0.00000363. The summed E-state index contributed by atoms with van der Waals surface area (Å²) in [6, 6.07) is 14.6. The molecule has 0 aliphatic carbocycles. The number of halogens is 1. The lowest BCUT2D eigenvalue weighted by molar-refractivity contribution is 0.114. The normalized spacial score (nSPS) is 16.3. The van der Waals surface area contributed by atoms with Gasteiger partial charge < -0.3 is 20.1 Å². The third-order valence-corrected chi connectivity index (χ3v) is 6.48. The van der Waals surface area contributed by atoms with E-state index in [9.17, 15) is 8.42 Å². The van der Waals surface area contributed by atoms with Crippen LogP contribution in [0.1, 0.15) is 24.0 Å². The third-order valence-electron chi connectivity index (χ3n) is 5.04. The van der Waals surface area contributed by atoms with Gasteiger partial charge in [-0.2, -0.15) is 0 Å². The van der Waals surface area contributed by atoms with Crippen molar-refractivity contribution in [2.75, 3.05) is 27.3 Å². The Bertz CT molecular complexity index is 978. The van der Waals surface area contributed by atoms with Crippen LogP contribution in [0.3, 0.4) is 0 Å². The van der Waals surface area contributed by atoms with Crippen LogP contribution < -0.4 is 20.1 Å². The Hall–Kier alpha value is -1.89. The van der Waals surface area contributed by atoms with Gasteiger partial charge in [0.25, 0.3) is 0 Å². The summed E-state index contributed by atoms with van der Waals surface area (Å²) in [6.07, 6.45) is 1.83. The van der Waals surface area contributed by atoms with E-state index in [4.69, 9.17) is 9.47 Å². The van der Waals surface area contributed by atoms with Crippen LogP contribution in [0.5, 0.6) is 5.75 Å². The number of sulfonamides is 1.